The molecule has 0 saturated heterocycles. The van der Waals surface area contributed by atoms with Crippen LogP contribution in [0.3, 0.4) is 0 Å². The molecule has 4 aromatic rings. The van der Waals surface area contributed by atoms with E-state index >= 15 is 0 Å². The highest BCUT2D eigenvalue weighted by Crippen LogP contribution is 2.41. The van der Waals surface area contributed by atoms with Crippen LogP contribution in [0.25, 0.3) is 11.0 Å². The summed E-state index contributed by atoms with van der Waals surface area (Å²) in [5.41, 5.74) is 2.71. The third kappa shape index (κ3) is 3.65. The molecule has 1 amide bonds. The third-order valence-corrected chi connectivity index (χ3v) is 6.02. The molecule has 7 heteroatoms. The van der Waals surface area contributed by atoms with Crippen molar-refractivity contribution >= 4 is 34.6 Å². The van der Waals surface area contributed by atoms with E-state index in [9.17, 15) is 14.4 Å². The van der Waals surface area contributed by atoms with E-state index in [-0.39, 0.29) is 18.9 Å². The van der Waals surface area contributed by atoms with E-state index < -0.39 is 23.8 Å². The summed E-state index contributed by atoms with van der Waals surface area (Å²) in [6.45, 7) is 1.62. The van der Waals surface area contributed by atoms with Crippen LogP contribution in [0, 0.1) is 5.92 Å². The molecule has 170 valence electrons. The first-order chi connectivity index (χ1) is 16.6. The van der Waals surface area contributed by atoms with Gasteiger partial charge in [-0.1, -0.05) is 72.8 Å². The zero-order valence-electron chi connectivity index (χ0n) is 18.6. The highest BCUT2D eigenvalue weighted by Gasteiger charge is 2.48. The van der Waals surface area contributed by atoms with Crippen molar-refractivity contribution < 1.29 is 19.1 Å². The highest BCUT2D eigenvalue weighted by atomic mass is 16.5. The molecule has 0 saturated carbocycles. The molecule has 0 N–H and O–H groups in total. The first-order valence-electron chi connectivity index (χ1n) is 11.2. The lowest BCUT2D eigenvalue weighted by atomic mass is 9.89. The molecule has 0 aliphatic carbocycles. The fraction of sp³-hybridized carbons (Fsp3) is 0.185. The van der Waals surface area contributed by atoms with Crippen LogP contribution in [0.15, 0.2) is 84.9 Å². The van der Waals surface area contributed by atoms with Gasteiger partial charge in [-0.2, -0.15) is 0 Å². The Hall–Kier alpha value is -4.26. The van der Waals surface area contributed by atoms with Gasteiger partial charge >= 0.3 is 5.97 Å². The average Bonchev–Trinajstić information content (AvgIpc) is 3.25. The molecule has 1 aliphatic rings. The molecule has 0 fully saturated rings. The van der Waals surface area contributed by atoms with Gasteiger partial charge in [-0.25, -0.2) is 4.98 Å². The minimum atomic E-state index is -1.16. The van der Waals surface area contributed by atoms with Gasteiger partial charge in [0.1, 0.15) is 0 Å². The number of carbonyl (C=O) groups is 3. The summed E-state index contributed by atoms with van der Waals surface area (Å²) < 4.78 is 7.22. The van der Waals surface area contributed by atoms with Crippen molar-refractivity contribution in [2.45, 2.75) is 13.0 Å². The molecule has 1 aromatic heterocycles. The number of anilines is 1. The van der Waals surface area contributed by atoms with Gasteiger partial charge in [0.25, 0.3) is 0 Å². The Bertz CT molecular complexity index is 1360. The van der Waals surface area contributed by atoms with Gasteiger partial charge in [-0.3, -0.25) is 19.3 Å². The SMILES string of the molecule is CCOC(=O)[C@@H]1C(=O)N(CC(=O)c2ccccc2)c2nc3ccccc3n2[C@H]1c1ccccc1. The summed E-state index contributed by atoms with van der Waals surface area (Å²) in [7, 11) is 0. The summed E-state index contributed by atoms with van der Waals surface area (Å²) in [6.07, 6.45) is 0. The normalized spacial score (nSPS) is 17.4. The van der Waals surface area contributed by atoms with Crippen molar-refractivity contribution in [2.75, 3.05) is 18.1 Å². The van der Waals surface area contributed by atoms with E-state index in [1.807, 2.05) is 65.2 Å². The number of esters is 1. The number of para-hydroxylation sites is 2. The molecule has 34 heavy (non-hydrogen) atoms. The number of fused-ring (bicyclic) bond motifs is 3. The summed E-state index contributed by atoms with van der Waals surface area (Å²) >= 11 is 0. The van der Waals surface area contributed by atoms with Gasteiger partial charge in [-0.15, -0.1) is 0 Å². The van der Waals surface area contributed by atoms with Crippen LogP contribution in [0.2, 0.25) is 0 Å². The fourth-order valence-electron chi connectivity index (χ4n) is 4.51. The van der Waals surface area contributed by atoms with Crippen LogP contribution in [-0.4, -0.2) is 40.4 Å². The Morgan fingerprint density at radius 1 is 0.912 bits per heavy atom. The standard InChI is InChI=1S/C27H23N3O4/c1-2-34-26(33)23-24(19-13-7-4-8-14-19)30-21-16-10-9-15-20(21)28-27(30)29(25(23)32)17-22(31)18-11-5-3-6-12-18/h3-16,23-24H,2,17H2,1H3/t23-,24-/m0/s1. The Morgan fingerprint density at radius 2 is 1.56 bits per heavy atom. The van der Waals surface area contributed by atoms with Crippen molar-refractivity contribution in [3.05, 3.63) is 96.1 Å². The second-order valence-corrected chi connectivity index (χ2v) is 8.07. The topological polar surface area (TPSA) is 81.5 Å². The van der Waals surface area contributed by atoms with Crippen molar-refractivity contribution in [3.63, 3.8) is 0 Å². The predicted octanol–water partition coefficient (Wildman–Crippen LogP) is 4.03. The summed E-state index contributed by atoms with van der Waals surface area (Å²) in [5, 5.41) is 0. The monoisotopic (exact) mass is 453 g/mol. The van der Waals surface area contributed by atoms with Crippen LogP contribution >= 0.6 is 0 Å². The fourth-order valence-corrected chi connectivity index (χ4v) is 4.51. The van der Waals surface area contributed by atoms with Gasteiger partial charge in [0.15, 0.2) is 11.7 Å². The van der Waals surface area contributed by atoms with Gasteiger partial charge in [0, 0.05) is 5.56 Å². The molecular formula is C27H23N3O4. The molecule has 7 nitrogen and oxygen atoms in total. The Kier molecular flexibility index (Phi) is 5.67. The van der Waals surface area contributed by atoms with E-state index in [0.717, 1.165) is 11.1 Å². The predicted molar refractivity (Wildman–Crippen MR) is 128 cm³/mol. The van der Waals surface area contributed by atoms with Gasteiger partial charge in [0.05, 0.1) is 30.2 Å². The number of Topliss-reactive ketones (excluding diaryl/α,β-unsaturated/α-hetero) is 1. The average molecular weight is 453 g/mol. The number of hydrogen-bond donors (Lipinski definition) is 0. The largest absolute Gasteiger partial charge is 0.465 e. The van der Waals surface area contributed by atoms with Crippen molar-refractivity contribution in [1.29, 1.82) is 0 Å². The second kappa shape index (κ2) is 8.94. The minimum absolute atomic E-state index is 0.143. The summed E-state index contributed by atoms with van der Waals surface area (Å²) in [5.74, 6) is -2.18. The van der Waals surface area contributed by atoms with Gasteiger partial charge in [0.2, 0.25) is 11.9 Å². The van der Waals surface area contributed by atoms with Crippen LogP contribution in [0.1, 0.15) is 28.9 Å². The second-order valence-electron chi connectivity index (χ2n) is 8.07. The maximum atomic E-state index is 13.9. The first kappa shape index (κ1) is 21.6. The number of carbonyl (C=O) groups excluding carboxylic acids is 3. The lowest BCUT2D eigenvalue weighted by molar-refractivity contribution is -0.153. The zero-order valence-corrected chi connectivity index (χ0v) is 18.6. The lowest BCUT2D eigenvalue weighted by Gasteiger charge is -2.37. The Balaban J connectivity index is 1.70. The molecule has 0 spiro atoms. The number of rotatable bonds is 6. The first-order valence-corrected chi connectivity index (χ1v) is 11.2. The molecule has 2 heterocycles. The van der Waals surface area contributed by atoms with Crippen molar-refractivity contribution in [2.24, 2.45) is 5.92 Å². The molecule has 3 aromatic carbocycles. The molecule has 0 bridgehead atoms. The number of aromatic nitrogens is 2. The number of ether oxygens (including phenoxy) is 1. The maximum Gasteiger partial charge on any atom is 0.321 e. The van der Waals surface area contributed by atoms with Crippen LogP contribution in [0.4, 0.5) is 5.95 Å². The lowest BCUT2D eigenvalue weighted by Crippen LogP contribution is -2.51. The van der Waals surface area contributed by atoms with E-state index in [4.69, 9.17) is 9.72 Å². The molecular weight excluding hydrogens is 430 g/mol. The Morgan fingerprint density at radius 3 is 2.26 bits per heavy atom. The Labute approximate surface area is 196 Å². The van der Waals surface area contributed by atoms with E-state index in [0.29, 0.717) is 17.0 Å². The summed E-state index contributed by atoms with van der Waals surface area (Å²) in [4.78, 5) is 46.1. The molecule has 5 rings (SSSR count). The van der Waals surface area contributed by atoms with E-state index in [2.05, 4.69) is 0 Å². The smallest absolute Gasteiger partial charge is 0.321 e. The van der Waals surface area contributed by atoms with Crippen molar-refractivity contribution in [3.8, 4) is 0 Å². The zero-order chi connectivity index (χ0) is 23.7. The van der Waals surface area contributed by atoms with Crippen LogP contribution in [-0.2, 0) is 14.3 Å². The summed E-state index contributed by atoms with van der Waals surface area (Å²) in [6, 6.07) is 25.0. The van der Waals surface area contributed by atoms with Gasteiger partial charge in [-0.05, 0) is 24.6 Å². The molecule has 2 atom stereocenters. The van der Waals surface area contributed by atoms with Crippen LogP contribution < -0.4 is 4.90 Å². The molecule has 0 radical (unpaired) electrons. The van der Waals surface area contributed by atoms with E-state index in [1.54, 1.807) is 31.2 Å². The number of amides is 1. The number of imidazole rings is 1. The van der Waals surface area contributed by atoms with E-state index in [1.165, 1.54) is 4.90 Å². The third-order valence-electron chi connectivity index (χ3n) is 6.02. The number of ketones is 1. The number of nitrogens with zero attached hydrogens (tertiary/aromatic N) is 3. The van der Waals surface area contributed by atoms with Crippen LogP contribution in [0.5, 0.6) is 0 Å². The highest BCUT2D eigenvalue weighted by molar-refractivity contribution is 6.12. The number of benzene rings is 3. The number of hydrogen-bond acceptors (Lipinski definition) is 5. The molecule has 0 unspecified atom stereocenters. The molecule has 1 aliphatic heterocycles. The minimum Gasteiger partial charge on any atom is -0.465 e. The maximum absolute atomic E-state index is 13.9. The van der Waals surface area contributed by atoms with Gasteiger partial charge < -0.3 is 9.30 Å². The quantitative estimate of drug-likeness (QED) is 0.250. The van der Waals surface area contributed by atoms with Crippen molar-refractivity contribution in [1.82, 2.24) is 9.55 Å².